The van der Waals surface area contributed by atoms with Crippen LogP contribution < -0.4 is 10.1 Å². The molecule has 1 heterocycles. The molecule has 1 N–H and O–H groups in total. The van der Waals surface area contributed by atoms with Crippen LogP contribution in [0.3, 0.4) is 0 Å². The van der Waals surface area contributed by atoms with Gasteiger partial charge in [0.2, 0.25) is 5.91 Å². The van der Waals surface area contributed by atoms with Crippen LogP contribution in [0.4, 0.5) is 18.9 Å². The van der Waals surface area contributed by atoms with E-state index >= 15 is 0 Å². The van der Waals surface area contributed by atoms with Crippen molar-refractivity contribution in [2.45, 2.75) is 12.8 Å². The van der Waals surface area contributed by atoms with E-state index in [1.807, 2.05) is 18.2 Å². The van der Waals surface area contributed by atoms with Gasteiger partial charge >= 0.3 is 6.36 Å². The molecule has 1 amide bonds. The summed E-state index contributed by atoms with van der Waals surface area (Å²) in [6.07, 6.45) is -4.82. The normalized spacial score (nSPS) is 11.3. The van der Waals surface area contributed by atoms with Gasteiger partial charge in [-0.1, -0.05) is 35.9 Å². The highest BCUT2D eigenvalue weighted by atomic mass is 35.5. The van der Waals surface area contributed by atoms with Gasteiger partial charge in [0.25, 0.3) is 0 Å². The molecule has 3 rings (SSSR count). The number of carbonyl (C=O) groups is 1. The topological polar surface area (TPSA) is 51.2 Å². The molecular formula is C18H12ClF3N2O2S. The van der Waals surface area contributed by atoms with Gasteiger partial charge in [-0.05, 0) is 18.2 Å². The molecule has 0 aliphatic carbocycles. The largest absolute Gasteiger partial charge is 0.573 e. The lowest BCUT2D eigenvalue weighted by Gasteiger charge is -2.10. The van der Waals surface area contributed by atoms with Crippen LogP contribution in [0.2, 0.25) is 5.02 Å². The summed E-state index contributed by atoms with van der Waals surface area (Å²) in [4.78, 5) is 16.5. The Morgan fingerprint density at radius 1 is 1.19 bits per heavy atom. The first kappa shape index (κ1) is 19.2. The second kappa shape index (κ2) is 7.98. The Balaban J connectivity index is 1.65. The summed E-state index contributed by atoms with van der Waals surface area (Å²) in [7, 11) is 0. The molecule has 0 radical (unpaired) electrons. The third-order valence-corrected chi connectivity index (χ3v) is 4.60. The van der Waals surface area contributed by atoms with E-state index in [-0.39, 0.29) is 12.1 Å². The number of nitrogens with zero attached hydrogens (tertiary/aromatic N) is 1. The van der Waals surface area contributed by atoms with Crippen LogP contribution >= 0.6 is 22.9 Å². The number of anilines is 1. The highest BCUT2D eigenvalue weighted by Gasteiger charge is 2.31. The van der Waals surface area contributed by atoms with Crippen LogP contribution in [-0.4, -0.2) is 17.3 Å². The number of aromatic nitrogens is 1. The summed E-state index contributed by atoms with van der Waals surface area (Å²) in [5.41, 5.74) is 1.51. The van der Waals surface area contributed by atoms with Crippen LogP contribution in [0.1, 0.15) is 5.69 Å². The lowest BCUT2D eigenvalue weighted by Crippen LogP contribution is -2.18. The van der Waals surface area contributed by atoms with E-state index in [1.54, 1.807) is 11.4 Å². The Morgan fingerprint density at radius 3 is 2.70 bits per heavy atom. The van der Waals surface area contributed by atoms with Gasteiger partial charge in [0.1, 0.15) is 10.8 Å². The van der Waals surface area contributed by atoms with Crippen molar-refractivity contribution in [2.75, 3.05) is 5.32 Å². The molecule has 4 nitrogen and oxygen atoms in total. The lowest BCUT2D eigenvalue weighted by atomic mass is 10.2. The van der Waals surface area contributed by atoms with E-state index < -0.39 is 18.0 Å². The SMILES string of the molecule is O=C(Cc1csc(-c2ccccc2Cl)n1)Nc1cccc(OC(F)(F)F)c1. The molecule has 3 aromatic rings. The molecule has 0 saturated heterocycles. The van der Waals surface area contributed by atoms with E-state index in [4.69, 9.17) is 11.6 Å². The Labute approximate surface area is 161 Å². The van der Waals surface area contributed by atoms with Crippen LogP contribution in [0.25, 0.3) is 10.6 Å². The standard InChI is InChI=1S/C18H12ClF3N2O2S/c19-15-7-2-1-6-14(15)17-24-12(10-27-17)9-16(25)23-11-4-3-5-13(8-11)26-18(20,21)22/h1-8,10H,9H2,(H,23,25). The van der Waals surface area contributed by atoms with Crippen molar-refractivity contribution in [3.63, 3.8) is 0 Å². The van der Waals surface area contributed by atoms with Gasteiger partial charge in [0, 0.05) is 22.7 Å². The average molecular weight is 413 g/mol. The summed E-state index contributed by atoms with van der Waals surface area (Å²) in [5, 5.41) is 5.51. The minimum Gasteiger partial charge on any atom is -0.406 e. The number of nitrogens with one attached hydrogen (secondary N) is 1. The fourth-order valence-corrected chi connectivity index (χ4v) is 3.43. The molecular weight excluding hydrogens is 401 g/mol. The monoisotopic (exact) mass is 412 g/mol. The van der Waals surface area contributed by atoms with Gasteiger partial charge in [-0.3, -0.25) is 4.79 Å². The zero-order valence-electron chi connectivity index (χ0n) is 13.6. The number of halogens is 4. The Hall–Kier alpha value is -2.58. The molecule has 0 fully saturated rings. The summed E-state index contributed by atoms with van der Waals surface area (Å²) in [6.45, 7) is 0. The van der Waals surface area contributed by atoms with Gasteiger partial charge in [0.05, 0.1) is 17.1 Å². The molecule has 9 heteroatoms. The number of ether oxygens (including phenoxy) is 1. The molecule has 0 unspecified atom stereocenters. The molecule has 0 atom stereocenters. The van der Waals surface area contributed by atoms with Gasteiger partial charge in [-0.2, -0.15) is 0 Å². The number of hydrogen-bond donors (Lipinski definition) is 1. The second-order valence-electron chi connectivity index (χ2n) is 5.42. The minimum absolute atomic E-state index is 0.0225. The number of carbonyl (C=O) groups excluding carboxylic acids is 1. The second-order valence-corrected chi connectivity index (χ2v) is 6.69. The third-order valence-electron chi connectivity index (χ3n) is 3.35. The zero-order chi connectivity index (χ0) is 19.4. The fraction of sp³-hybridized carbons (Fsp3) is 0.111. The van der Waals surface area contributed by atoms with Crippen molar-refractivity contribution in [1.82, 2.24) is 4.98 Å². The number of alkyl halides is 3. The summed E-state index contributed by atoms with van der Waals surface area (Å²) >= 11 is 7.49. The molecule has 0 spiro atoms. The Bertz CT molecular complexity index is 960. The molecule has 0 bridgehead atoms. The number of thiazole rings is 1. The van der Waals surface area contributed by atoms with E-state index in [0.717, 1.165) is 17.7 Å². The van der Waals surface area contributed by atoms with Crippen molar-refractivity contribution in [1.29, 1.82) is 0 Å². The summed E-state index contributed by atoms with van der Waals surface area (Å²) < 4.78 is 40.6. The van der Waals surface area contributed by atoms with E-state index in [2.05, 4.69) is 15.0 Å². The highest BCUT2D eigenvalue weighted by Crippen LogP contribution is 2.30. The third kappa shape index (κ3) is 5.45. The predicted molar refractivity (Wildman–Crippen MR) is 98.0 cm³/mol. The lowest BCUT2D eigenvalue weighted by molar-refractivity contribution is -0.274. The maximum atomic E-state index is 12.3. The highest BCUT2D eigenvalue weighted by molar-refractivity contribution is 7.13. The minimum atomic E-state index is -4.79. The molecule has 0 aliphatic heterocycles. The summed E-state index contributed by atoms with van der Waals surface area (Å²) in [6, 6.07) is 12.3. The molecule has 1 aromatic heterocycles. The molecule has 27 heavy (non-hydrogen) atoms. The van der Waals surface area contributed by atoms with Crippen molar-refractivity contribution >= 4 is 34.5 Å². The smallest absolute Gasteiger partial charge is 0.406 e. The molecule has 2 aromatic carbocycles. The fourth-order valence-electron chi connectivity index (χ4n) is 2.29. The molecule has 0 aliphatic rings. The van der Waals surface area contributed by atoms with Gasteiger partial charge in [0.15, 0.2) is 0 Å². The van der Waals surface area contributed by atoms with E-state index in [9.17, 15) is 18.0 Å². The van der Waals surface area contributed by atoms with E-state index in [0.29, 0.717) is 15.7 Å². The van der Waals surface area contributed by atoms with Gasteiger partial charge < -0.3 is 10.1 Å². The first-order valence-corrected chi connectivity index (χ1v) is 8.91. The first-order valence-electron chi connectivity index (χ1n) is 7.65. The van der Waals surface area contributed by atoms with E-state index in [1.165, 1.54) is 23.5 Å². The first-order chi connectivity index (χ1) is 12.8. The number of amides is 1. The molecule has 140 valence electrons. The Kier molecular flexibility index (Phi) is 5.67. The van der Waals surface area contributed by atoms with Crippen LogP contribution in [0.15, 0.2) is 53.9 Å². The summed E-state index contributed by atoms with van der Waals surface area (Å²) in [5.74, 6) is -0.815. The Morgan fingerprint density at radius 2 is 1.96 bits per heavy atom. The quantitative estimate of drug-likeness (QED) is 0.598. The van der Waals surface area contributed by atoms with Crippen molar-refractivity contribution in [2.24, 2.45) is 0 Å². The number of rotatable bonds is 5. The zero-order valence-corrected chi connectivity index (χ0v) is 15.2. The maximum Gasteiger partial charge on any atom is 0.573 e. The van der Waals surface area contributed by atoms with Crippen molar-refractivity contribution in [3.05, 3.63) is 64.6 Å². The molecule has 0 saturated carbocycles. The average Bonchev–Trinajstić information content (AvgIpc) is 3.02. The number of benzene rings is 2. The van der Waals surface area contributed by atoms with Crippen LogP contribution in [-0.2, 0) is 11.2 Å². The van der Waals surface area contributed by atoms with Crippen molar-refractivity contribution in [3.8, 4) is 16.3 Å². The van der Waals surface area contributed by atoms with Crippen LogP contribution in [0, 0.1) is 0 Å². The number of hydrogen-bond acceptors (Lipinski definition) is 4. The maximum absolute atomic E-state index is 12.3. The van der Waals surface area contributed by atoms with Gasteiger partial charge in [-0.25, -0.2) is 4.98 Å². The van der Waals surface area contributed by atoms with Gasteiger partial charge in [-0.15, -0.1) is 24.5 Å². The van der Waals surface area contributed by atoms with Crippen LogP contribution in [0.5, 0.6) is 5.75 Å². The predicted octanol–water partition coefficient (Wildman–Crippen LogP) is 5.54. The van der Waals surface area contributed by atoms with Crippen molar-refractivity contribution < 1.29 is 22.7 Å².